The first-order chi connectivity index (χ1) is 3.15. The van der Waals surface area contributed by atoms with Crippen molar-refractivity contribution in [2.45, 2.75) is 27.7 Å². The summed E-state index contributed by atoms with van der Waals surface area (Å²) in [5.41, 5.74) is 0. The van der Waals surface area contributed by atoms with Crippen LogP contribution in [0.5, 0.6) is 0 Å². The van der Waals surface area contributed by atoms with Gasteiger partial charge in [-0.25, -0.2) is 0 Å². The van der Waals surface area contributed by atoms with Crippen LogP contribution in [0.4, 0.5) is 0 Å². The van der Waals surface area contributed by atoms with E-state index < -0.39 is 0 Å². The number of terminal acetylenes is 1. The first kappa shape index (κ1) is 9.75. The van der Waals surface area contributed by atoms with Crippen LogP contribution in [0.15, 0.2) is 0 Å². The summed E-state index contributed by atoms with van der Waals surface area (Å²) in [5.74, 6) is 3.08. The van der Waals surface area contributed by atoms with Crippen molar-refractivity contribution >= 4 is 0 Å². The highest BCUT2D eigenvalue weighted by Crippen LogP contribution is 1.81. The number of hydrogen-bond acceptors (Lipinski definition) is 0. The average Bonchev–Trinajstić information content (AvgIpc) is 1.33. The molecule has 0 aliphatic rings. The maximum atomic E-state index is 4.60. The van der Waals surface area contributed by atoms with Crippen LogP contribution in [0.2, 0.25) is 0 Å². The molecule has 0 rings (SSSR count). The second kappa shape index (κ2) is 9.12. The minimum absolute atomic E-state index is 0.833. The minimum Gasteiger partial charge on any atom is -0.120 e. The second-order valence-corrected chi connectivity index (χ2v) is 2.02. The minimum atomic E-state index is 0.833. The van der Waals surface area contributed by atoms with E-state index in [4.69, 9.17) is 0 Å². The molecule has 0 nitrogen and oxygen atoms in total. The van der Waals surface area contributed by atoms with E-state index in [9.17, 15) is 0 Å². The van der Waals surface area contributed by atoms with Crippen molar-refractivity contribution in [3.8, 4) is 12.3 Å². The fourth-order valence-corrected chi connectivity index (χ4v) is 0. The summed E-state index contributed by atoms with van der Waals surface area (Å²) in [6.07, 6.45) is 4.60. The van der Waals surface area contributed by atoms with E-state index in [0.29, 0.717) is 0 Å². The van der Waals surface area contributed by atoms with Gasteiger partial charge >= 0.3 is 0 Å². The Morgan fingerprint density at radius 3 is 1.29 bits per heavy atom. The van der Waals surface area contributed by atoms with Gasteiger partial charge in [0.2, 0.25) is 0 Å². The molecule has 0 heteroatoms. The van der Waals surface area contributed by atoms with Gasteiger partial charge in [0.15, 0.2) is 0 Å². The molecule has 0 aliphatic heterocycles. The summed E-state index contributed by atoms with van der Waals surface area (Å²) in [7, 11) is 0. The third-order valence-electron chi connectivity index (χ3n) is 0. The van der Waals surface area contributed by atoms with Crippen molar-refractivity contribution in [3.05, 3.63) is 0 Å². The molecule has 0 saturated carbocycles. The number of hydrogen-bond donors (Lipinski definition) is 0. The Hall–Kier alpha value is -0.440. The summed E-state index contributed by atoms with van der Waals surface area (Å²) >= 11 is 0. The largest absolute Gasteiger partial charge is 0.120 e. The van der Waals surface area contributed by atoms with Gasteiger partial charge in [0.25, 0.3) is 0 Å². The predicted octanol–water partition coefficient (Wildman–Crippen LogP) is 2.30. The van der Waals surface area contributed by atoms with E-state index in [-0.39, 0.29) is 0 Å². The maximum Gasteiger partial charge on any atom is -0.00297 e. The Kier molecular flexibility index (Phi) is 12.7. The molecule has 0 atom stereocenters. The number of rotatable bonds is 0. The Morgan fingerprint density at radius 2 is 1.29 bits per heavy atom. The van der Waals surface area contributed by atoms with Crippen molar-refractivity contribution < 1.29 is 0 Å². The van der Waals surface area contributed by atoms with E-state index in [1.54, 1.807) is 6.92 Å². The molecule has 0 aromatic carbocycles. The van der Waals surface area contributed by atoms with Crippen LogP contribution in [0.1, 0.15) is 27.7 Å². The molecule has 0 unspecified atom stereocenters. The topological polar surface area (TPSA) is 0 Å². The summed E-state index contributed by atoms with van der Waals surface area (Å²) in [6.45, 7) is 8.15. The molecular formula is C7H14. The average molecular weight is 98.2 g/mol. The van der Waals surface area contributed by atoms with Crippen LogP contribution >= 0.6 is 0 Å². The lowest BCUT2D eigenvalue weighted by atomic mass is 10.3. The lowest BCUT2D eigenvalue weighted by Gasteiger charge is -1.79. The molecule has 0 radical (unpaired) electrons. The highest BCUT2D eigenvalue weighted by Gasteiger charge is 1.68. The quantitative estimate of drug-likeness (QED) is 0.408. The fraction of sp³-hybridized carbons (Fsp3) is 0.714. The van der Waals surface area contributed by atoms with Crippen molar-refractivity contribution in [3.63, 3.8) is 0 Å². The van der Waals surface area contributed by atoms with E-state index in [0.717, 1.165) is 5.92 Å². The third-order valence-corrected chi connectivity index (χ3v) is 0. The van der Waals surface area contributed by atoms with E-state index in [1.165, 1.54) is 0 Å². The molecule has 7 heavy (non-hydrogen) atoms. The van der Waals surface area contributed by atoms with E-state index >= 15 is 0 Å². The zero-order chi connectivity index (χ0) is 6.28. The van der Waals surface area contributed by atoms with Crippen LogP contribution in [-0.4, -0.2) is 0 Å². The smallest absolute Gasteiger partial charge is 0.00297 e. The Balaban J connectivity index is 0. The zero-order valence-electron chi connectivity index (χ0n) is 5.65. The fourth-order valence-electron chi connectivity index (χ4n) is 0. The molecule has 0 aliphatic carbocycles. The van der Waals surface area contributed by atoms with Gasteiger partial charge in [-0.15, -0.1) is 12.3 Å². The van der Waals surface area contributed by atoms with E-state index in [1.807, 2.05) is 0 Å². The first-order valence-corrected chi connectivity index (χ1v) is 2.52. The summed E-state index contributed by atoms with van der Waals surface area (Å²) < 4.78 is 0. The predicted molar refractivity (Wildman–Crippen MR) is 35.0 cm³/mol. The molecule has 0 N–H and O–H groups in total. The molecule has 0 fully saturated rings. The van der Waals surface area contributed by atoms with Crippen LogP contribution in [0.3, 0.4) is 0 Å². The summed E-state index contributed by atoms with van der Waals surface area (Å²) in [5, 5.41) is 0. The highest BCUT2D eigenvalue weighted by atomic mass is 13.7. The monoisotopic (exact) mass is 98.1 g/mol. The van der Waals surface area contributed by atoms with Gasteiger partial charge in [0, 0.05) is 0 Å². The Labute approximate surface area is 46.9 Å². The van der Waals surface area contributed by atoms with Crippen molar-refractivity contribution in [1.29, 1.82) is 0 Å². The van der Waals surface area contributed by atoms with Crippen LogP contribution in [-0.2, 0) is 0 Å². The first-order valence-electron chi connectivity index (χ1n) is 2.52. The van der Waals surface area contributed by atoms with Crippen molar-refractivity contribution in [2.24, 2.45) is 5.92 Å². The lowest BCUT2D eigenvalue weighted by Crippen LogP contribution is -1.66. The van der Waals surface area contributed by atoms with Crippen molar-refractivity contribution in [1.82, 2.24) is 0 Å². The van der Waals surface area contributed by atoms with E-state index in [2.05, 4.69) is 33.1 Å². The molecular weight excluding hydrogens is 84.1 g/mol. The summed E-state index contributed by atoms with van der Waals surface area (Å²) in [4.78, 5) is 0. The molecule has 0 amide bonds. The third kappa shape index (κ3) is 364. The lowest BCUT2D eigenvalue weighted by molar-refractivity contribution is 0.737. The van der Waals surface area contributed by atoms with Gasteiger partial charge in [0.05, 0.1) is 0 Å². The standard InChI is InChI=1S/C4H10.C3H4/c1-4(2)3;1-3-2/h4H,1-3H3;1H,2H3. The zero-order valence-corrected chi connectivity index (χ0v) is 5.65. The normalized spacial score (nSPS) is 6.29. The van der Waals surface area contributed by atoms with Crippen LogP contribution in [0, 0.1) is 18.3 Å². The Bertz CT molecular complexity index is 42.8. The maximum absolute atomic E-state index is 4.60. The molecule has 0 spiro atoms. The molecule has 0 aromatic heterocycles. The van der Waals surface area contributed by atoms with Gasteiger partial charge in [0.1, 0.15) is 0 Å². The molecule has 42 valence electrons. The van der Waals surface area contributed by atoms with Gasteiger partial charge in [-0.05, 0) is 12.8 Å². The van der Waals surface area contributed by atoms with Gasteiger partial charge in [-0.3, -0.25) is 0 Å². The van der Waals surface area contributed by atoms with Crippen LogP contribution < -0.4 is 0 Å². The van der Waals surface area contributed by atoms with Gasteiger partial charge in [-0.2, -0.15) is 0 Å². The molecule has 0 heterocycles. The molecule has 0 saturated heterocycles. The van der Waals surface area contributed by atoms with Crippen molar-refractivity contribution in [2.75, 3.05) is 0 Å². The van der Waals surface area contributed by atoms with Gasteiger partial charge < -0.3 is 0 Å². The molecule has 0 aromatic rings. The Morgan fingerprint density at radius 1 is 1.29 bits per heavy atom. The highest BCUT2D eigenvalue weighted by molar-refractivity contribution is 4.73. The van der Waals surface area contributed by atoms with Crippen LogP contribution in [0.25, 0.3) is 0 Å². The molecule has 0 bridgehead atoms. The summed E-state index contributed by atoms with van der Waals surface area (Å²) in [6, 6.07) is 0. The SMILES string of the molecule is C#CC.CC(C)C. The second-order valence-electron chi connectivity index (χ2n) is 2.02. The van der Waals surface area contributed by atoms with Gasteiger partial charge in [-0.1, -0.05) is 20.8 Å².